The van der Waals surface area contributed by atoms with Crippen LogP contribution in [0.3, 0.4) is 0 Å². The molecule has 0 saturated heterocycles. The van der Waals surface area contributed by atoms with Gasteiger partial charge in [0.05, 0.1) is 21.3 Å². The summed E-state index contributed by atoms with van der Waals surface area (Å²) >= 11 is 1.59. The van der Waals surface area contributed by atoms with Gasteiger partial charge in [0.25, 0.3) is 0 Å². The molecule has 0 saturated carbocycles. The Morgan fingerprint density at radius 2 is 1.84 bits per heavy atom. The molecule has 2 N–H and O–H groups in total. The Kier molecular flexibility index (Phi) is 2.89. The second-order valence-corrected chi connectivity index (χ2v) is 4.93. The van der Waals surface area contributed by atoms with Gasteiger partial charge >= 0.3 is 5.97 Å². The molecule has 5 heteroatoms. The maximum Gasteiger partial charge on any atom is 0.335 e. The van der Waals surface area contributed by atoms with E-state index in [2.05, 4.69) is 10.3 Å². The number of aromatic carboxylic acids is 1. The Hall–Kier alpha value is -2.40. The first-order chi connectivity index (χ1) is 9.22. The van der Waals surface area contributed by atoms with Crippen molar-refractivity contribution < 1.29 is 9.90 Å². The number of carboxylic acids is 1. The third kappa shape index (κ3) is 2.41. The fourth-order valence-electron chi connectivity index (χ4n) is 1.80. The van der Waals surface area contributed by atoms with Crippen LogP contribution >= 0.6 is 11.3 Å². The van der Waals surface area contributed by atoms with E-state index in [9.17, 15) is 4.79 Å². The fraction of sp³-hybridized carbons (Fsp3) is 0. The van der Waals surface area contributed by atoms with Crippen LogP contribution in [0.15, 0.2) is 48.0 Å². The van der Waals surface area contributed by atoms with Crippen LogP contribution < -0.4 is 5.32 Å². The Bertz CT molecular complexity index is 735. The van der Waals surface area contributed by atoms with Gasteiger partial charge in [-0.25, -0.2) is 9.78 Å². The number of aromatic nitrogens is 1. The van der Waals surface area contributed by atoms with Crippen LogP contribution in [0.5, 0.6) is 0 Å². The van der Waals surface area contributed by atoms with E-state index in [0.717, 1.165) is 21.6 Å². The Morgan fingerprint density at radius 1 is 1.11 bits per heavy atom. The van der Waals surface area contributed by atoms with Gasteiger partial charge in [-0.2, -0.15) is 0 Å². The van der Waals surface area contributed by atoms with Crippen LogP contribution in [-0.4, -0.2) is 16.1 Å². The number of hydrogen-bond acceptors (Lipinski definition) is 4. The van der Waals surface area contributed by atoms with Crippen molar-refractivity contribution in [1.82, 2.24) is 4.98 Å². The summed E-state index contributed by atoms with van der Waals surface area (Å²) in [5, 5.41) is 12.1. The molecule has 2 aromatic carbocycles. The topological polar surface area (TPSA) is 62.2 Å². The van der Waals surface area contributed by atoms with Crippen molar-refractivity contribution in [3.05, 3.63) is 53.5 Å². The molecule has 0 fully saturated rings. The molecule has 3 aromatic rings. The second kappa shape index (κ2) is 4.70. The van der Waals surface area contributed by atoms with E-state index in [4.69, 9.17) is 5.11 Å². The van der Waals surface area contributed by atoms with E-state index in [1.165, 1.54) is 0 Å². The highest BCUT2D eigenvalue weighted by Crippen LogP contribution is 2.24. The summed E-state index contributed by atoms with van der Waals surface area (Å²) in [6, 6.07) is 12.6. The highest BCUT2D eigenvalue weighted by atomic mass is 32.1. The number of benzene rings is 2. The van der Waals surface area contributed by atoms with Gasteiger partial charge in [-0.1, -0.05) is 0 Å². The molecular formula is C14H10N2O2S. The van der Waals surface area contributed by atoms with E-state index in [-0.39, 0.29) is 5.56 Å². The molecule has 0 unspecified atom stereocenters. The van der Waals surface area contributed by atoms with E-state index in [1.54, 1.807) is 35.6 Å². The lowest BCUT2D eigenvalue weighted by molar-refractivity contribution is 0.0697. The minimum absolute atomic E-state index is 0.281. The van der Waals surface area contributed by atoms with E-state index in [0.29, 0.717) is 0 Å². The highest BCUT2D eigenvalue weighted by Gasteiger charge is 2.03. The quantitative estimate of drug-likeness (QED) is 0.761. The summed E-state index contributed by atoms with van der Waals surface area (Å²) < 4.78 is 1.12. The van der Waals surface area contributed by atoms with Gasteiger partial charge in [-0.05, 0) is 42.5 Å². The minimum atomic E-state index is -0.919. The highest BCUT2D eigenvalue weighted by molar-refractivity contribution is 7.16. The molecule has 19 heavy (non-hydrogen) atoms. The Balaban J connectivity index is 1.85. The van der Waals surface area contributed by atoms with Gasteiger partial charge in [0.1, 0.15) is 0 Å². The molecule has 0 atom stereocenters. The lowest BCUT2D eigenvalue weighted by atomic mass is 10.2. The van der Waals surface area contributed by atoms with Crippen molar-refractivity contribution in [2.45, 2.75) is 0 Å². The zero-order valence-corrected chi connectivity index (χ0v) is 10.6. The maximum atomic E-state index is 10.8. The van der Waals surface area contributed by atoms with E-state index >= 15 is 0 Å². The minimum Gasteiger partial charge on any atom is -0.478 e. The molecule has 0 aliphatic carbocycles. The third-order valence-electron chi connectivity index (χ3n) is 2.75. The van der Waals surface area contributed by atoms with Gasteiger partial charge in [-0.3, -0.25) is 0 Å². The predicted molar refractivity (Wildman–Crippen MR) is 76.3 cm³/mol. The van der Waals surface area contributed by atoms with Crippen LogP contribution in [0.1, 0.15) is 10.4 Å². The molecule has 0 aliphatic heterocycles. The number of fused-ring (bicyclic) bond motifs is 1. The molecule has 4 nitrogen and oxygen atoms in total. The van der Waals surface area contributed by atoms with Gasteiger partial charge in [0, 0.05) is 11.4 Å². The summed E-state index contributed by atoms with van der Waals surface area (Å²) in [4.78, 5) is 15.0. The molecule has 1 aromatic heterocycles. The zero-order chi connectivity index (χ0) is 13.2. The van der Waals surface area contributed by atoms with Crippen molar-refractivity contribution in [2.75, 3.05) is 5.32 Å². The molecule has 0 bridgehead atoms. The van der Waals surface area contributed by atoms with Gasteiger partial charge in [0.15, 0.2) is 0 Å². The number of carbonyl (C=O) groups is 1. The first kappa shape index (κ1) is 11.7. The molecule has 0 amide bonds. The Morgan fingerprint density at radius 3 is 2.58 bits per heavy atom. The number of anilines is 2. The summed E-state index contributed by atoms with van der Waals surface area (Å²) in [5.74, 6) is -0.919. The first-order valence-electron chi connectivity index (χ1n) is 5.66. The molecule has 0 spiro atoms. The third-order valence-corrected chi connectivity index (χ3v) is 3.54. The lowest BCUT2D eigenvalue weighted by Gasteiger charge is -2.06. The normalized spacial score (nSPS) is 10.5. The molecular weight excluding hydrogens is 260 g/mol. The number of thiazole rings is 1. The van der Waals surface area contributed by atoms with Crippen LogP contribution in [-0.2, 0) is 0 Å². The molecule has 3 rings (SSSR count). The van der Waals surface area contributed by atoms with Crippen LogP contribution in [0.25, 0.3) is 10.2 Å². The summed E-state index contributed by atoms with van der Waals surface area (Å²) in [6.07, 6.45) is 0. The van der Waals surface area contributed by atoms with Gasteiger partial charge in [0.2, 0.25) is 0 Å². The fourth-order valence-corrected chi connectivity index (χ4v) is 2.51. The lowest BCUT2D eigenvalue weighted by Crippen LogP contribution is -1.96. The molecule has 1 heterocycles. The van der Waals surface area contributed by atoms with Crippen LogP contribution in [0, 0.1) is 0 Å². The number of nitrogens with zero attached hydrogens (tertiary/aromatic N) is 1. The van der Waals surface area contributed by atoms with E-state index in [1.807, 2.05) is 23.7 Å². The SMILES string of the molecule is O=C(O)c1ccc(Nc2ccc3ncsc3c2)cc1. The number of nitrogens with one attached hydrogen (secondary N) is 1. The average Bonchev–Trinajstić information content (AvgIpc) is 2.87. The van der Waals surface area contributed by atoms with Crippen molar-refractivity contribution in [1.29, 1.82) is 0 Å². The second-order valence-electron chi connectivity index (χ2n) is 4.04. The largest absolute Gasteiger partial charge is 0.478 e. The monoisotopic (exact) mass is 270 g/mol. The Labute approximate surface area is 113 Å². The predicted octanol–water partition coefficient (Wildman–Crippen LogP) is 3.74. The van der Waals surface area contributed by atoms with Gasteiger partial charge < -0.3 is 10.4 Å². The number of carboxylic acid groups (broad SMARTS) is 1. The number of hydrogen-bond donors (Lipinski definition) is 2. The molecule has 0 radical (unpaired) electrons. The van der Waals surface area contributed by atoms with Crippen molar-refractivity contribution in [3.63, 3.8) is 0 Å². The summed E-state index contributed by atoms with van der Waals surface area (Å²) in [7, 11) is 0. The first-order valence-corrected chi connectivity index (χ1v) is 6.54. The van der Waals surface area contributed by atoms with Crippen LogP contribution in [0.4, 0.5) is 11.4 Å². The summed E-state index contributed by atoms with van der Waals surface area (Å²) in [5.41, 5.74) is 4.89. The van der Waals surface area contributed by atoms with E-state index < -0.39 is 5.97 Å². The van der Waals surface area contributed by atoms with Crippen molar-refractivity contribution >= 4 is 38.9 Å². The summed E-state index contributed by atoms with van der Waals surface area (Å²) in [6.45, 7) is 0. The van der Waals surface area contributed by atoms with Crippen molar-refractivity contribution in [2.24, 2.45) is 0 Å². The standard InChI is InChI=1S/C14H10N2O2S/c17-14(18)9-1-3-10(4-2-9)16-11-5-6-12-13(7-11)19-8-15-12/h1-8,16H,(H,17,18). The average molecular weight is 270 g/mol. The smallest absolute Gasteiger partial charge is 0.335 e. The van der Waals surface area contributed by atoms with Gasteiger partial charge in [-0.15, -0.1) is 11.3 Å². The van der Waals surface area contributed by atoms with Crippen LogP contribution in [0.2, 0.25) is 0 Å². The maximum absolute atomic E-state index is 10.8. The van der Waals surface area contributed by atoms with Crippen molar-refractivity contribution in [3.8, 4) is 0 Å². The molecule has 0 aliphatic rings. The number of rotatable bonds is 3. The molecule has 94 valence electrons. The zero-order valence-electron chi connectivity index (χ0n) is 9.83.